The molecule has 0 aromatic rings. The Morgan fingerprint density at radius 3 is 2.00 bits per heavy atom. The van der Waals surface area contributed by atoms with Crippen LogP contribution in [0.1, 0.15) is 6.92 Å². The van der Waals surface area contributed by atoms with Gasteiger partial charge in [0.1, 0.15) is 5.41 Å². The molecule has 0 atom stereocenters. The van der Waals surface area contributed by atoms with Gasteiger partial charge in [0.25, 0.3) is 0 Å². The fraction of sp³-hybridized carbons (Fsp3) is 1.00. The maximum absolute atomic E-state index is 12.3. The van der Waals surface area contributed by atoms with E-state index in [1.165, 1.54) is 0 Å². The third-order valence-corrected chi connectivity index (χ3v) is 2.63. The molecule has 0 aromatic carbocycles. The van der Waals surface area contributed by atoms with Crippen LogP contribution in [0.4, 0.5) is 17.4 Å². The lowest BCUT2D eigenvalue weighted by atomic mass is 9.92. The summed E-state index contributed by atoms with van der Waals surface area (Å²) in [4.78, 5) is 0. The predicted octanol–water partition coefficient (Wildman–Crippen LogP) is 2.68. The van der Waals surface area contributed by atoms with Crippen molar-refractivity contribution < 1.29 is 31.0 Å². The zero-order chi connectivity index (χ0) is 10.3. The zero-order valence-corrected chi connectivity index (χ0v) is 7.49. The number of alkyl halides is 3. The van der Waals surface area contributed by atoms with Crippen molar-refractivity contribution in [2.45, 2.75) is 13.1 Å². The molecule has 78 valence electrons. The monoisotopic (exact) mass is 222 g/mol. The van der Waals surface area contributed by atoms with Gasteiger partial charge in [-0.05, 0) is 6.92 Å². The molecule has 0 aliphatic carbocycles. The van der Waals surface area contributed by atoms with Crippen LogP contribution < -0.4 is 0 Å². The van der Waals surface area contributed by atoms with Gasteiger partial charge in [0.05, 0.1) is 13.2 Å². The molecule has 1 rings (SSSR count). The summed E-state index contributed by atoms with van der Waals surface area (Å²) in [6.45, 7) is -1.15. The number of rotatable bonds is 0. The highest BCUT2D eigenvalue weighted by molar-refractivity contribution is 7.48. The Morgan fingerprint density at radius 1 is 1.31 bits per heavy atom. The molecule has 1 heterocycles. The third-order valence-electron chi connectivity index (χ3n) is 1.76. The van der Waals surface area contributed by atoms with Crippen LogP contribution in [0.3, 0.4) is 0 Å². The largest absolute Gasteiger partial charge is 0.513 e. The van der Waals surface area contributed by atoms with Crippen molar-refractivity contribution in [2.24, 2.45) is 5.41 Å². The summed E-state index contributed by atoms with van der Waals surface area (Å²) >= 11 is 0. The Kier molecular flexibility index (Phi) is 2.47. The highest BCUT2D eigenvalue weighted by atomic mass is 31.2. The average molecular weight is 222 g/mol. The van der Waals surface area contributed by atoms with Gasteiger partial charge in [-0.15, -0.1) is 4.20 Å². The van der Waals surface area contributed by atoms with Crippen LogP contribution >= 0.6 is 7.91 Å². The van der Waals surface area contributed by atoms with E-state index in [1.54, 1.807) is 0 Å². The van der Waals surface area contributed by atoms with Gasteiger partial charge in [-0.3, -0.25) is 9.05 Å². The van der Waals surface area contributed by atoms with Crippen LogP contribution in [0, 0.1) is 5.41 Å². The van der Waals surface area contributed by atoms with E-state index in [1.807, 2.05) is 0 Å². The molecule has 1 fully saturated rings. The maximum atomic E-state index is 12.3. The van der Waals surface area contributed by atoms with Crippen molar-refractivity contribution in [3.63, 3.8) is 0 Å². The molecular weight excluding hydrogens is 215 g/mol. The molecule has 0 spiro atoms. The molecule has 0 N–H and O–H groups in total. The second kappa shape index (κ2) is 2.93. The van der Waals surface area contributed by atoms with E-state index in [9.17, 15) is 21.9 Å². The van der Waals surface area contributed by atoms with E-state index < -0.39 is 32.7 Å². The SMILES string of the molecule is CC1(C(F)(F)F)COP(=O)(F)OC1. The van der Waals surface area contributed by atoms with Gasteiger partial charge >= 0.3 is 14.1 Å². The van der Waals surface area contributed by atoms with E-state index in [4.69, 9.17) is 0 Å². The van der Waals surface area contributed by atoms with Crippen molar-refractivity contribution in [1.29, 1.82) is 0 Å². The minimum Gasteiger partial charge on any atom is -0.283 e. The minimum absolute atomic E-state index is 0.812. The first-order valence-electron chi connectivity index (χ1n) is 3.32. The Balaban J connectivity index is 2.73. The molecule has 0 amide bonds. The molecule has 0 aromatic heterocycles. The smallest absolute Gasteiger partial charge is 0.283 e. The second-order valence-corrected chi connectivity index (χ2v) is 4.41. The molecule has 0 unspecified atom stereocenters. The maximum Gasteiger partial charge on any atom is 0.513 e. The molecule has 3 nitrogen and oxygen atoms in total. The lowest BCUT2D eigenvalue weighted by molar-refractivity contribution is -0.245. The van der Waals surface area contributed by atoms with E-state index >= 15 is 0 Å². The summed E-state index contributed by atoms with van der Waals surface area (Å²) in [5.74, 6) is 0. The summed E-state index contributed by atoms with van der Waals surface area (Å²) in [6, 6.07) is 0. The predicted molar refractivity (Wildman–Crippen MR) is 34.8 cm³/mol. The van der Waals surface area contributed by atoms with Gasteiger partial charge in [0.15, 0.2) is 0 Å². The Morgan fingerprint density at radius 2 is 1.69 bits per heavy atom. The summed E-state index contributed by atoms with van der Waals surface area (Å²) < 4.78 is 67.0. The summed E-state index contributed by atoms with van der Waals surface area (Å²) in [6.07, 6.45) is -4.56. The van der Waals surface area contributed by atoms with E-state index in [0.29, 0.717) is 0 Å². The van der Waals surface area contributed by atoms with E-state index in [2.05, 4.69) is 9.05 Å². The average Bonchev–Trinajstić information content (AvgIpc) is 1.94. The van der Waals surface area contributed by atoms with Gasteiger partial charge in [-0.2, -0.15) is 13.2 Å². The number of halogens is 4. The third kappa shape index (κ3) is 2.21. The van der Waals surface area contributed by atoms with E-state index in [-0.39, 0.29) is 0 Å². The van der Waals surface area contributed by atoms with Crippen LogP contribution in [0.25, 0.3) is 0 Å². The fourth-order valence-corrected chi connectivity index (χ4v) is 1.63. The molecular formula is C5H7F4O3P. The lowest BCUT2D eigenvalue weighted by Gasteiger charge is -2.35. The second-order valence-electron chi connectivity index (χ2n) is 3.04. The Labute approximate surface area is 71.7 Å². The van der Waals surface area contributed by atoms with Gasteiger partial charge < -0.3 is 0 Å². The van der Waals surface area contributed by atoms with Crippen LogP contribution in [0.15, 0.2) is 0 Å². The first-order chi connectivity index (χ1) is 5.66. The fourth-order valence-electron chi connectivity index (χ4n) is 0.682. The highest BCUT2D eigenvalue weighted by Crippen LogP contribution is 2.57. The first-order valence-corrected chi connectivity index (χ1v) is 4.75. The summed E-state index contributed by atoms with van der Waals surface area (Å²) in [7, 11) is -4.74. The zero-order valence-electron chi connectivity index (χ0n) is 6.60. The van der Waals surface area contributed by atoms with Crippen molar-refractivity contribution in [2.75, 3.05) is 13.2 Å². The molecule has 1 aliphatic heterocycles. The normalized spacial score (nSPS) is 41.9. The molecule has 0 bridgehead atoms. The summed E-state index contributed by atoms with van der Waals surface area (Å²) in [5.41, 5.74) is -2.28. The minimum atomic E-state index is -4.74. The standard InChI is InChI=1S/C5H7F4O3P/c1-4(5(6,7)8)2-11-13(9,10)12-3-4/h2-3H2,1H3. The highest BCUT2D eigenvalue weighted by Gasteiger charge is 2.56. The lowest BCUT2D eigenvalue weighted by Crippen LogP contribution is -2.44. The van der Waals surface area contributed by atoms with Gasteiger partial charge in [0.2, 0.25) is 0 Å². The van der Waals surface area contributed by atoms with Crippen LogP contribution in [-0.4, -0.2) is 19.4 Å². The number of hydrogen-bond acceptors (Lipinski definition) is 3. The Bertz CT molecular complexity index is 239. The summed E-state index contributed by atoms with van der Waals surface area (Å²) in [5, 5.41) is 0. The molecule has 1 saturated heterocycles. The van der Waals surface area contributed by atoms with Crippen LogP contribution in [0.5, 0.6) is 0 Å². The molecule has 8 heteroatoms. The Hall–Kier alpha value is -0.130. The van der Waals surface area contributed by atoms with Crippen molar-refractivity contribution in [1.82, 2.24) is 0 Å². The molecule has 13 heavy (non-hydrogen) atoms. The van der Waals surface area contributed by atoms with Gasteiger partial charge in [0, 0.05) is 0 Å². The van der Waals surface area contributed by atoms with Crippen LogP contribution in [-0.2, 0) is 13.6 Å². The van der Waals surface area contributed by atoms with Gasteiger partial charge in [-0.25, -0.2) is 4.57 Å². The van der Waals surface area contributed by atoms with Gasteiger partial charge in [-0.1, -0.05) is 0 Å². The van der Waals surface area contributed by atoms with E-state index in [0.717, 1.165) is 6.92 Å². The first kappa shape index (κ1) is 10.9. The van der Waals surface area contributed by atoms with Crippen molar-refractivity contribution in [3.8, 4) is 0 Å². The molecule has 0 radical (unpaired) electrons. The topological polar surface area (TPSA) is 35.5 Å². The van der Waals surface area contributed by atoms with Crippen LogP contribution in [0.2, 0.25) is 0 Å². The number of hydrogen-bond donors (Lipinski definition) is 0. The molecule has 0 saturated carbocycles. The molecule has 1 aliphatic rings. The van der Waals surface area contributed by atoms with Crippen molar-refractivity contribution >= 4 is 7.91 Å². The quantitative estimate of drug-likeness (QED) is 0.466. The van der Waals surface area contributed by atoms with Crippen molar-refractivity contribution in [3.05, 3.63) is 0 Å².